The number of hydrogen-bond donors (Lipinski definition) is 1. The number of aromatic nitrogens is 3. The summed E-state index contributed by atoms with van der Waals surface area (Å²) in [6, 6.07) is 3.60. The van der Waals surface area contributed by atoms with Crippen LogP contribution in [0.1, 0.15) is 35.8 Å². The number of nitriles is 1. The van der Waals surface area contributed by atoms with Crippen LogP contribution < -0.4 is 5.32 Å². The highest BCUT2D eigenvalue weighted by Crippen LogP contribution is 2.18. The molecule has 2 heterocycles. The first kappa shape index (κ1) is 14.0. The molecule has 0 aliphatic carbocycles. The molecule has 0 unspecified atom stereocenters. The molecule has 1 N–H and O–H groups in total. The normalized spacial score (nSPS) is 10.3. The number of nitrogens with zero attached hydrogens (tertiary/aromatic N) is 4. The van der Waals surface area contributed by atoms with Crippen LogP contribution >= 0.6 is 11.6 Å². The molecule has 0 bridgehead atoms. The Morgan fingerprint density at radius 2 is 2.30 bits per heavy atom. The minimum absolute atomic E-state index is 0.0947. The lowest BCUT2D eigenvalue weighted by Gasteiger charge is -2.05. The van der Waals surface area contributed by atoms with Gasteiger partial charge in [-0.2, -0.15) is 10.4 Å². The number of amides is 1. The average Bonchev–Trinajstić information content (AvgIpc) is 2.82. The number of anilines is 1. The smallest absolute Gasteiger partial charge is 0.258 e. The van der Waals surface area contributed by atoms with Gasteiger partial charge >= 0.3 is 0 Å². The predicted molar refractivity (Wildman–Crippen MR) is 74.5 cm³/mol. The zero-order valence-corrected chi connectivity index (χ0v) is 11.7. The Morgan fingerprint density at radius 3 is 2.90 bits per heavy atom. The van der Waals surface area contributed by atoms with Gasteiger partial charge in [-0.3, -0.25) is 14.5 Å². The number of carbonyl (C=O) groups is 1. The number of pyridine rings is 1. The van der Waals surface area contributed by atoms with Crippen molar-refractivity contribution in [2.75, 3.05) is 5.32 Å². The van der Waals surface area contributed by atoms with Gasteiger partial charge in [0.2, 0.25) is 0 Å². The summed E-state index contributed by atoms with van der Waals surface area (Å²) in [6.45, 7) is 3.86. The standard InChI is InChI=1S/C13H12ClN5O/c1-8(2)19-7-9(5-15)12(18-19)17-13(20)10-3-4-16-6-11(10)14/h3-4,6-8H,1-2H3,(H,17,18,20). The molecule has 0 saturated heterocycles. The van der Waals surface area contributed by atoms with Crippen molar-refractivity contribution in [3.05, 3.63) is 40.8 Å². The molecule has 0 radical (unpaired) electrons. The monoisotopic (exact) mass is 289 g/mol. The van der Waals surface area contributed by atoms with Crippen molar-refractivity contribution >= 4 is 23.3 Å². The summed E-state index contributed by atoms with van der Waals surface area (Å²) >= 11 is 5.90. The van der Waals surface area contributed by atoms with E-state index >= 15 is 0 Å². The van der Waals surface area contributed by atoms with E-state index in [1.807, 2.05) is 19.9 Å². The molecule has 0 saturated carbocycles. The number of carbonyl (C=O) groups excluding carboxylic acids is 1. The first-order chi connectivity index (χ1) is 9.52. The van der Waals surface area contributed by atoms with Gasteiger partial charge in [-0.15, -0.1) is 0 Å². The van der Waals surface area contributed by atoms with Crippen LogP contribution in [0.15, 0.2) is 24.7 Å². The summed E-state index contributed by atoms with van der Waals surface area (Å²) < 4.78 is 1.61. The molecular weight excluding hydrogens is 278 g/mol. The number of hydrogen-bond acceptors (Lipinski definition) is 4. The van der Waals surface area contributed by atoms with Gasteiger partial charge in [-0.1, -0.05) is 11.6 Å². The maximum absolute atomic E-state index is 12.1. The Morgan fingerprint density at radius 1 is 1.55 bits per heavy atom. The maximum atomic E-state index is 12.1. The van der Waals surface area contributed by atoms with E-state index in [0.29, 0.717) is 5.56 Å². The van der Waals surface area contributed by atoms with Crippen LogP contribution in [-0.4, -0.2) is 20.7 Å². The summed E-state index contributed by atoms with van der Waals surface area (Å²) in [5.74, 6) is -0.206. The van der Waals surface area contributed by atoms with Crippen LogP contribution in [0.2, 0.25) is 5.02 Å². The van der Waals surface area contributed by atoms with Crippen molar-refractivity contribution in [2.24, 2.45) is 0 Å². The van der Waals surface area contributed by atoms with E-state index in [0.717, 1.165) is 0 Å². The van der Waals surface area contributed by atoms with Crippen LogP contribution in [0.25, 0.3) is 0 Å². The molecule has 0 aliphatic heterocycles. The molecule has 6 nitrogen and oxygen atoms in total. The van der Waals surface area contributed by atoms with Crippen molar-refractivity contribution in [2.45, 2.75) is 19.9 Å². The zero-order valence-electron chi connectivity index (χ0n) is 11.0. The summed E-state index contributed by atoms with van der Waals surface area (Å²) in [7, 11) is 0. The lowest BCUT2D eigenvalue weighted by Crippen LogP contribution is -2.14. The molecule has 0 fully saturated rings. The van der Waals surface area contributed by atoms with Crippen molar-refractivity contribution in [3.63, 3.8) is 0 Å². The molecule has 102 valence electrons. The second-order valence-electron chi connectivity index (χ2n) is 4.39. The highest BCUT2D eigenvalue weighted by Gasteiger charge is 2.16. The zero-order chi connectivity index (χ0) is 14.7. The van der Waals surface area contributed by atoms with Gasteiger partial charge in [0, 0.05) is 24.6 Å². The maximum Gasteiger partial charge on any atom is 0.258 e. The third-order valence-corrected chi connectivity index (χ3v) is 2.93. The molecule has 2 rings (SSSR count). The molecule has 7 heteroatoms. The van der Waals surface area contributed by atoms with Crippen LogP contribution in [0, 0.1) is 11.3 Å². The first-order valence-corrected chi connectivity index (χ1v) is 6.31. The molecule has 0 spiro atoms. The van der Waals surface area contributed by atoms with E-state index in [4.69, 9.17) is 16.9 Å². The summed E-state index contributed by atoms with van der Waals surface area (Å²) in [5.41, 5.74) is 0.585. The van der Waals surface area contributed by atoms with Gasteiger partial charge in [-0.25, -0.2) is 0 Å². The average molecular weight is 290 g/mol. The van der Waals surface area contributed by atoms with Crippen molar-refractivity contribution in [3.8, 4) is 6.07 Å². The van der Waals surface area contributed by atoms with Gasteiger partial charge in [0.1, 0.15) is 11.6 Å². The molecule has 20 heavy (non-hydrogen) atoms. The predicted octanol–water partition coefficient (Wildman–Crippen LogP) is 2.64. The topological polar surface area (TPSA) is 83.6 Å². The Hall–Kier alpha value is -2.39. The number of rotatable bonds is 3. The second-order valence-corrected chi connectivity index (χ2v) is 4.79. The van der Waals surface area contributed by atoms with Gasteiger partial charge in [0.25, 0.3) is 5.91 Å². The van der Waals surface area contributed by atoms with E-state index in [1.54, 1.807) is 10.9 Å². The lowest BCUT2D eigenvalue weighted by molar-refractivity contribution is 0.102. The van der Waals surface area contributed by atoms with E-state index in [2.05, 4.69) is 15.4 Å². The van der Waals surface area contributed by atoms with E-state index in [9.17, 15) is 4.79 Å². The minimum atomic E-state index is -0.428. The first-order valence-electron chi connectivity index (χ1n) is 5.93. The lowest BCUT2D eigenvalue weighted by atomic mass is 10.2. The fourth-order valence-corrected chi connectivity index (χ4v) is 1.77. The fraction of sp³-hybridized carbons (Fsp3) is 0.231. The highest BCUT2D eigenvalue weighted by atomic mass is 35.5. The van der Waals surface area contributed by atoms with Crippen molar-refractivity contribution in [1.82, 2.24) is 14.8 Å². The molecule has 2 aromatic rings. The minimum Gasteiger partial charge on any atom is -0.304 e. The van der Waals surface area contributed by atoms with E-state index in [-0.39, 0.29) is 22.4 Å². The summed E-state index contributed by atoms with van der Waals surface area (Å²) in [6.07, 6.45) is 4.45. The Bertz CT molecular complexity index is 686. The van der Waals surface area contributed by atoms with Gasteiger partial charge in [0.05, 0.1) is 10.6 Å². The van der Waals surface area contributed by atoms with Crippen LogP contribution in [-0.2, 0) is 0 Å². The van der Waals surface area contributed by atoms with E-state index in [1.165, 1.54) is 18.5 Å². The molecule has 2 aromatic heterocycles. The molecule has 0 atom stereocenters. The number of nitrogens with one attached hydrogen (secondary N) is 1. The number of halogens is 1. The Labute approximate surface area is 121 Å². The summed E-state index contributed by atoms with van der Waals surface area (Å²) in [5, 5.41) is 16.1. The summed E-state index contributed by atoms with van der Waals surface area (Å²) in [4.78, 5) is 15.9. The molecule has 1 amide bonds. The molecule has 0 aromatic carbocycles. The van der Waals surface area contributed by atoms with E-state index < -0.39 is 5.91 Å². The van der Waals surface area contributed by atoms with Gasteiger partial charge in [0.15, 0.2) is 5.82 Å². The third kappa shape index (κ3) is 2.78. The quantitative estimate of drug-likeness (QED) is 0.941. The van der Waals surface area contributed by atoms with Gasteiger partial charge in [-0.05, 0) is 19.9 Å². The molecular formula is C13H12ClN5O. The van der Waals surface area contributed by atoms with Crippen LogP contribution in [0.5, 0.6) is 0 Å². The largest absolute Gasteiger partial charge is 0.304 e. The van der Waals surface area contributed by atoms with Crippen LogP contribution in [0.4, 0.5) is 5.82 Å². The van der Waals surface area contributed by atoms with Crippen molar-refractivity contribution < 1.29 is 4.79 Å². The SMILES string of the molecule is CC(C)n1cc(C#N)c(NC(=O)c2ccncc2Cl)n1. The van der Waals surface area contributed by atoms with Gasteiger partial charge < -0.3 is 5.32 Å². The Kier molecular flexibility index (Phi) is 4.01. The third-order valence-electron chi connectivity index (χ3n) is 2.63. The second kappa shape index (κ2) is 5.72. The molecule has 0 aliphatic rings. The fourth-order valence-electron chi connectivity index (χ4n) is 1.56. The Balaban J connectivity index is 2.29. The van der Waals surface area contributed by atoms with Crippen LogP contribution in [0.3, 0.4) is 0 Å². The highest BCUT2D eigenvalue weighted by molar-refractivity contribution is 6.34. The van der Waals surface area contributed by atoms with Crippen molar-refractivity contribution in [1.29, 1.82) is 5.26 Å².